The van der Waals surface area contributed by atoms with Crippen molar-refractivity contribution >= 4 is 35.0 Å². The molecule has 1 saturated heterocycles. The molecular weight excluding hydrogens is 368 g/mol. The van der Waals surface area contributed by atoms with Crippen LogP contribution >= 0.6 is 0 Å². The van der Waals surface area contributed by atoms with Crippen LogP contribution in [0.2, 0.25) is 0 Å². The Morgan fingerprint density at radius 2 is 2.00 bits per heavy atom. The van der Waals surface area contributed by atoms with Crippen molar-refractivity contribution in [2.75, 3.05) is 29.6 Å². The van der Waals surface area contributed by atoms with Gasteiger partial charge in [0.1, 0.15) is 0 Å². The fourth-order valence-electron chi connectivity index (χ4n) is 3.91. The number of nitrogens with zero attached hydrogens (tertiary/aromatic N) is 3. The van der Waals surface area contributed by atoms with Gasteiger partial charge in [-0.1, -0.05) is 13.0 Å². The number of anilines is 2. The lowest BCUT2D eigenvalue weighted by Crippen LogP contribution is -2.52. The Balaban J connectivity index is 1.73. The van der Waals surface area contributed by atoms with Gasteiger partial charge in [-0.05, 0) is 37.5 Å². The van der Waals surface area contributed by atoms with E-state index >= 15 is 0 Å². The van der Waals surface area contributed by atoms with E-state index in [9.17, 15) is 9.59 Å². The number of amides is 2. The number of ether oxygens (including phenoxy) is 1. The van der Waals surface area contributed by atoms with E-state index in [-0.39, 0.29) is 29.3 Å². The smallest absolute Gasteiger partial charge is 0.233 e. The van der Waals surface area contributed by atoms with Gasteiger partial charge in [-0.15, -0.1) is 0 Å². The molecule has 0 unspecified atom stereocenters. The number of allylic oxidation sites excluding steroid dienone is 1. The van der Waals surface area contributed by atoms with Crippen molar-refractivity contribution in [1.29, 1.82) is 0 Å². The minimum absolute atomic E-state index is 0.0302. The minimum atomic E-state index is -0.288. The Bertz CT molecular complexity index is 899. The third-order valence-corrected chi connectivity index (χ3v) is 6.07. The number of rotatable bonds is 4. The minimum Gasteiger partial charge on any atom is -0.404 e. The molecule has 1 aromatic rings. The van der Waals surface area contributed by atoms with E-state index in [4.69, 9.17) is 10.5 Å². The number of hydrogen-bond acceptors (Lipinski definition) is 5. The number of aliphatic imine (C=N–C) groups is 1. The number of benzene rings is 1. The number of nitrogens with two attached hydrogens (primary N) is 1. The molecule has 1 atom stereocenters. The van der Waals surface area contributed by atoms with Gasteiger partial charge in [0, 0.05) is 36.9 Å². The van der Waals surface area contributed by atoms with E-state index in [1.54, 1.807) is 18.0 Å². The molecule has 2 heterocycles. The molecule has 3 aliphatic rings. The van der Waals surface area contributed by atoms with Crippen molar-refractivity contribution in [3.05, 3.63) is 30.0 Å². The molecule has 7 heteroatoms. The van der Waals surface area contributed by atoms with Crippen molar-refractivity contribution in [3.8, 4) is 0 Å². The molecule has 2 aliphatic heterocycles. The maximum atomic E-state index is 13.2. The highest BCUT2D eigenvalue weighted by Crippen LogP contribution is 2.49. The molecule has 0 radical (unpaired) electrons. The lowest BCUT2D eigenvalue weighted by molar-refractivity contribution is -0.123. The lowest BCUT2D eigenvalue weighted by atomic mass is 9.99. The maximum absolute atomic E-state index is 13.2. The second-order valence-electron chi connectivity index (χ2n) is 8.51. The van der Waals surface area contributed by atoms with Gasteiger partial charge in [0.2, 0.25) is 11.8 Å². The summed E-state index contributed by atoms with van der Waals surface area (Å²) in [5, 5.41) is 0. The van der Waals surface area contributed by atoms with E-state index < -0.39 is 0 Å². The Morgan fingerprint density at radius 3 is 2.55 bits per heavy atom. The first-order chi connectivity index (χ1) is 13.8. The molecule has 2 fully saturated rings. The van der Waals surface area contributed by atoms with Gasteiger partial charge >= 0.3 is 0 Å². The predicted molar refractivity (Wildman–Crippen MR) is 114 cm³/mol. The first kappa shape index (κ1) is 19.6. The standard InChI is InChI=1S/C22H28N4O3/c1-14-11-25(21(28)22(3)6-7-22)20-8-16(4-5-19(20)26(14)15(2)27)17(9-23)10-24-18-12-29-13-18/h4-5,8-10,14,18H,6-7,11-13,23H2,1-3H3/t14-/m0/s1. The summed E-state index contributed by atoms with van der Waals surface area (Å²) in [6, 6.07) is 5.87. The largest absolute Gasteiger partial charge is 0.404 e. The maximum Gasteiger partial charge on any atom is 0.233 e. The van der Waals surface area contributed by atoms with Gasteiger partial charge < -0.3 is 20.3 Å². The van der Waals surface area contributed by atoms with Crippen LogP contribution in [0.1, 0.15) is 39.2 Å². The third kappa shape index (κ3) is 3.55. The van der Waals surface area contributed by atoms with Crippen LogP contribution in [-0.2, 0) is 14.3 Å². The molecule has 4 rings (SSSR count). The van der Waals surface area contributed by atoms with Crippen LogP contribution in [0.4, 0.5) is 11.4 Å². The van der Waals surface area contributed by atoms with Crippen molar-refractivity contribution < 1.29 is 14.3 Å². The fourth-order valence-corrected chi connectivity index (χ4v) is 3.91. The zero-order chi connectivity index (χ0) is 20.8. The average molecular weight is 396 g/mol. The quantitative estimate of drug-likeness (QED) is 0.792. The molecule has 154 valence electrons. The highest BCUT2D eigenvalue weighted by atomic mass is 16.5. The second-order valence-corrected chi connectivity index (χ2v) is 8.51. The average Bonchev–Trinajstić information content (AvgIpc) is 3.40. The SMILES string of the molecule is CC(=O)N1c2ccc(C(C=NC3COC3)=CN)cc2N(C(=O)C2(C)CC2)C[C@@H]1C. The number of hydrogen-bond donors (Lipinski definition) is 1. The summed E-state index contributed by atoms with van der Waals surface area (Å²) >= 11 is 0. The highest BCUT2D eigenvalue weighted by Gasteiger charge is 2.49. The summed E-state index contributed by atoms with van der Waals surface area (Å²) in [4.78, 5) is 33.6. The van der Waals surface area contributed by atoms with Crippen molar-refractivity contribution in [1.82, 2.24) is 0 Å². The Kier molecular flexibility index (Phi) is 4.94. The molecule has 1 aliphatic carbocycles. The zero-order valence-corrected chi connectivity index (χ0v) is 17.2. The molecular formula is C22H28N4O3. The van der Waals surface area contributed by atoms with Crippen LogP contribution in [0.3, 0.4) is 0 Å². The van der Waals surface area contributed by atoms with Crippen LogP contribution in [0, 0.1) is 5.41 Å². The van der Waals surface area contributed by atoms with Crippen LogP contribution in [0.5, 0.6) is 0 Å². The summed E-state index contributed by atoms with van der Waals surface area (Å²) in [7, 11) is 0. The van der Waals surface area contributed by atoms with E-state index in [2.05, 4.69) is 4.99 Å². The summed E-state index contributed by atoms with van der Waals surface area (Å²) in [5.74, 6) is 0.0990. The number of carbonyl (C=O) groups excluding carboxylic acids is 2. The molecule has 0 aromatic heterocycles. The van der Waals surface area contributed by atoms with Crippen molar-refractivity contribution in [3.63, 3.8) is 0 Å². The van der Waals surface area contributed by atoms with Crippen LogP contribution in [0.15, 0.2) is 29.4 Å². The van der Waals surface area contributed by atoms with E-state index in [0.29, 0.717) is 19.8 Å². The molecule has 1 saturated carbocycles. The molecule has 7 nitrogen and oxygen atoms in total. The normalized spacial score (nSPS) is 23.7. The summed E-state index contributed by atoms with van der Waals surface area (Å²) in [6.07, 6.45) is 5.10. The van der Waals surface area contributed by atoms with Gasteiger partial charge in [0.05, 0.1) is 36.7 Å². The topological polar surface area (TPSA) is 88.2 Å². The summed E-state index contributed by atoms with van der Waals surface area (Å²) in [6.45, 7) is 7.30. The molecule has 0 bridgehead atoms. The van der Waals surface area contributed by atoms with Crippen LogP contribution in [-0.4, -0.2) is 49.9 Å². The van der Waals surface area contributed by atoms with Gasteiger partial charge in [-0.2, -0.15) is 0 Å². The number of fused-ring (bicyclic) bond motifs is 1. The molecule has 29 heavy (non-hydrogen) atoms. The van der Waals surface area contributed by atoms with Crippen molar-refractivity contribution in [2.24, 2.45) is 16.1 Å². The second kappa shape index (κ2) is 7.30. The summed E-state index contributed by atoms with van der Waals surface area (Å²) in [5.41, 5.74) is 8.74. The first-order valence-corrected chi connectivity index (χ1v) is 10.1. The van der Waals surface area contributed by atoms with Crippen LogP contribution < -0.4 is 15.5 Å². The van der Waals surface area contributed by atoms with Crippen molar-refractivity contribution in [2.45, 2.75) is 45.7 Å². The van der Waals surface area contributed by atoms with Gasteiger partial charge in [0.15, 0.2) is 0 Å². The van der Waals surface area contributed by atoms with E-state index in [1.807, 2.05) is 36.9 Å². The van der Waals surface area contributed by atoms with Gasteiger partial charge in [-0.3, -0.25) is 14.6 Å². The predicted octanol–water partition coefficient (Wildman–Crippen LogP) is 2.34. The van der Waals surface area contributed by atoms with E-state index in [1.165, 1.54) is 6.20 Å². The fraction of sp³-hybridized carbons (Fsp3) is 0.500. The molecule has 2 N–H and O–H groups in total. The summed E-state index contributed by atoms with van der Waals surface area (Å²) < 4.78 is 5.16. The Hall–Kier alpha value is -2.67. The Labute approximate surface area is 171 Å². The zero-order valence-electron chi connectivity index (χ0n) is 17.2. The number of carbonyl (C=O) groups is 2. The molecule has 2 amide bonds. The van der Waals surface area contributed by atoms with Gasteiger partial charge in [-0.25, -0.2) is 0 Å². The molecule has 1 aromatic carbocycles. The van der Waals surface area contributed by atoms with Gasteiger partial charge in [0.25, 0.3) is 0 Å². The first-order valence-electron chi connectivity index (χ1n) is 10.1. The van der Waals surface area contributed by atoms with Crippen LogP contribution in [0.25, 0.3) is 5.57 Å². The van der Waals surface area contributed by atoms with E-state index in [0.717, 1.165) is 35.4 Å². The monoisotopic (exact) mass is 396 g/mol. The third-order valence-electron chi connectivity index (χ3n) is 6.07. The highest BCUT2D eigenvalue weighted by molar-refractivity contribution is 6.12. The Morgan fingerprint density at radius 1 is 1.28 bits per heavy atom. The molecule has 0 spiro atoms. The lowest BCUT2D eigenvalue weighted by Gasteiger charge is -2.42.